The van der Waals surface area contributed by atoms with E-state index in [-0.39, 0.29) is 11.9 Å². The van der Waals surface area contributed by atoms with Crippen molar-refractivity contribution in [3.8, 4) is 0 Å². The first-order chi connectivity index (χ1) is 14.2. The van der Waals surface area contributed by atoms with Crippen molar-refractivity contribution in [3.05, 3.63) is 48.3 Å². The third kappa shape index (κ3) is 5.58. The number of carbonyl (C=O) groups excluding carboxylic acids is 1. The summed E-state index contributed by atoms with van der Waals surface area (Å²) in [6.07, 6.45) is 6.09. The van der Waals surface area contributed by atoms with Crippen LogP contribution in [-0.4, -0.2) is 77.3 Å². The molecule has 1 N–H and O–H groups in total. The molecule has 2 aromatic rings. The van der Waals surface area contributed by atoms with E-state index in [0.29, 0.717) is 6.54 Å². The molecule has 2 aliphatic rings. The van der Waals surface area contributed by atoms with Crippen LogP contribution in [0.15, 0.2) is 42.7 Å². The number of amides is 1. The Hall–Kier alpha value is -2.38. The van der Waals surface area contributed by atoms with E-state index < -0.39 is 0 Å². The average Bonchev–Trinajstić information content (AvgIpc) is 3.17. The summed E-state index contributed by atoms with van der Waals surface area (Å²) in [5.74, 6) is 0.152. The van der Waals surface area contributed by atoms with Crippen LogP contribution >= 0.6 is 0 Å². The third-order valence-electron chi connectivity index (χ3n) is 5.92. The molecular formula is C22H32N6O. The molecule has 2 aliphatic heterocycles. The highest BCUT2D eigenvalue weighted by Gasteiger charge is 2.24. The van der Waals surface area contributed by atoms with Gasteiger partial charge >= 0.3 is 0 Å². The summed E-state index contributed by atoms with van der Waals surface area (Å²) in [5, 5.41) is 7.53. The van der Waals surface area contributed by atoms with Crippen molar-refractivity contribution in [2.75, 3.05) is 50.7 Å². The van der Waals surface area contributed by atoms with Crippen LogP contribution in [0.3, 0.4) is 0 Å². The van der Waals surface area contributed by atoms with Gasteiger partial charge < -0.3 is 10.2 Å². The largest absolute Gasteiger partial charge is 0.367 e. The fourth-order valence-electron chi connectivity index (χ4n) is 4.32. The van der Waals surface area contributed by atoms with E-state index in [2.05, 4.69) is 55.4 Å². The number of hydrogen-bond acceptors (Lipinski definition) is 5. The van der Waals surface area contributed by atoms with Crippen LogP contribution in [0.4, 0.5) is 5.69 Å². The van der Waals surface area contributed by atoms with Gasteiger partial charge in [0, 0.05) is 65.1 Å². The minimum absolute atomic E-state index is 0.152. The molecule has 29 heavy (non-hydrogen) atoms. The summed E-state index contributed by atoms with van der Waals surface area (Å²) in [7, 11) is 1.94. The smallest absolute Gasteiger partial charge is 0.234 e. The van der Waals surface area contributed by atoms with Crippen LogP contribution in [0.1, 0.15) is 18.4 Å². The molecule has 1 atom stereocenters. The van der Waals surface area contributed by atoms with Gasteiger partial charge in [-0.15, -0.1) is 0 Å². The lowest BCUT2D eigenvalue weighted by Crippen LogP contribution is -2.52. The molecule has 0 bridgehead atoms. The predicted molar refractivity (Wildman–Crippen MR) is 115 cm³/mol. The third-order valence-corrected chi connectivity index (χ3v) is 5.92. The van der Waals surface area contributed by atoms with E-state index in [1.165, 1.54) is 5.56 Å². The maximum atomic E-state index is 12.6. The monoisotopic (exact) mass is 396 g/mol. The summed E-state index contributed by atoms with van der Waals surface area (Å²) in [6.45, 7) is 7.32. The van der Waals surface area contributed by atoms with Gasteiger partial charge in [-0.25, -0.2) is 0 Å². The molecule has 156 valence electrons. The second-order valence-electron chi connectivity index (χ2n) is 8.26. The Labute approximate surface area is 173 Å². The lowest BCUT2D eigenvalue weighted by atomic mass is 10.1. The molecule has 1 amide bonds. The van der Waals surface area contributed by atoms with Crippen molar-refractivity contribution in [1.82, 2.24) is 24.9 Å². The summed E-state index contributed by atoms with van der Waals surface area (Å²) < 4.78 is 1.83. The molecule has 0 saturated carbocycles. The van der Waals surface area contributed by atoms with Crippen molar-refractivity contribution in [2.45, 2.75) is 25.4 Å². The van der Waals surface area contributed by atoms with Gasteiger partial charge in [0.15, 0.2) is 0 Å². The SMILES string of the molecule is Cn1cc(N2CCCC(NC(=O)CN3CCN(Cc4ccccc4)CC3)C2)cn1. The summed E-state index contributed by atoms with van der Waals surface area (Å²) >= 11 is 0. The van der Waals surface area contributed by atoms with Gasteiger partial charge in [-0.2, -0.15) is 5.10 Å². The van der Waals surface area contributed by atoms with Gasteiger partial charge in [0.25, 0.3) is 0 Å². The number of nitrogens with one attached hydrogen (secondary N) is 1. The molecule has 1 aromatic carbocycles. The lowest BCUT2D eigenvalue weighted by molar-refractivity contribution is -0.123. The molecule has 0 radical (unpaired) electrons. The van der Waals surface area contributed by atoms with Gasteiger partial charge in [0.05, 0.1) is 18.4 Å². The number of aryl methyl sites for hydroxylation is 1. The summed E-state index contributed by atoms with van der Waals surface area (Å²) in [4.78, 5) is 19.7. The van der Waals surface area contributed by atoms with Crippen LogP contribution in [0.25, 0.3) is 0 Å². The lowest BCUT2D eigenvalue weighted by Gasteiger charge is -2.36. The van der Waals surface area contributed by atoms with Crippen LogP contribution < -0.4 is 10.2 Å². The quantitative estimate of drug-likeness (QED) is 0.798. The molecule has 2 fully saturated rings. The van der Waals surface area contributed by atoms with Crippen molar-refractivity contribution >= 4 is 11.6 Å². The normalized spacial score (nSPS) is 21.3. The number of aromatic nitrogens is 2. The zero-order chi connectivity index (χ0) is 20.1. The zero-order valence-electron chi connectivity index (χ0n) is 17.3. The summed E-state index contributed by atoms with van der Waals surface area (Å²) in [5.41, 5.74) is 2.50. The van der Waals surface area contributed by atoms with Crippen LogP contribution in [-0.2, 0) is 18.4 Å². The number of hydrogen-bond donors (Lipinski definition) is 1. The molecule has 1 unspecified atom stereocenters. The molecule has 0 spiro atoms. The average molecular weight is 397 g/mol. The van der Waals surface area contributed by atoms with Crippen molar-refractivity contribution in [2.24, 2.45) is 7.05 Å². The number of piperidine rings is 1. The maximum absolute atomic E-state index is 12.6. The van der Waals surface area contributed by atoms with Crippen LogP contribution in [0.2, 0.25) is 0 Å². The number of piperazine rings is 1. The van der Waals surface area contributed by atoms with Gasteiger partial charge in [-0.1, -0.05) is 30.3 Å². The predicted octanol–water partition coefficient (Wildman–Crippen LogP) is 1.32. The van der Waals surface area contributed by atoms with E-state index in [0.717, 1.165) is 64.3 Å². The Balaban J connectivity index is 1.19. The Morgan fingerprint density at radius 3 is 2.59 bits per heavy atom. The number of benzene rings is 1. The van der Waals surface area contributed by atoms with Crippen molar-refractivity contribution < 1.29 is 4.79 Å². The number of carbonyl (C=O) groups is 1. The molecule has 1 aromatic heterocycles. The van der Waals surface area contributed by atoms with Crippen molar-refractivity contribution in [3.63, 3.8) is 0 Å². The van der Waals surface area contributed by atoms with Gasteiger partial charge in [-0.3, -0.25) is 19.3 Å². The van der Waals surface area contributed by atoms with E-state index in [9.17, 15) is 4.79 Å². The van der Waals surface area contributed by atoms with Gasteiger partial charge in [0.2, 0.25) is 5.91 Å². The molecule has 3 heterocycles. The molecule has 2 saturated heterocycles. The summed E-state index contributed by atoms with van der Waals surface area (Å²) in [6, 6.07) is 10.8. The van der Waals surface area contributed by atoms with E-state index in [4.69, 9.17) is 0 Å². The first-order valence-corrected chi connectivity index (χ1v) is 10.7. The Morgan fingerprint density at radius 2 is 1.86 bits per heavy atom. The Bertz CT molecular complexity index is 784. The number of anilines is 1. The number of nitrogens with zero attached hydrogens (tertiary/aromatic N) is 5. The molecule has 7 nitrogen and oxygen atoms in total. The highest BCUT2D eigenvalue weighted by atomic mass is 16.2. The van der Waals surface area contributed by atoms with Gasteiger partial charge in [0.1, 0.15) is 0 Å². The fourth-order valence-corrected chi connectivity index (χ4v) is 4.32. The Morgan fingerprint density at radius 1 is 1.10 bits per heavy atom. The zero-order valence-corrected chi connectivity index (χ0v) is 17.3. The fraction of sp³-hybridized carbons (Fsp3) is 0.545. The molecule has 0 aliphatic carbocycles. The maximum Gasteiger partial charge on any atom is 0.234 e. The molecule has 4 rings (SSSR count). The van der Waals surface area contributed by atoms with Crippen LogP contribution in [0.5, 0.6) is 0 Å². The first kappa shape index (κ1) is 19.9. The number of rotatable bonds is 6. The Kier molecular flexibility index (Phi) is 6.46. The molecule has 7 heteroatoms. The highest BCUT2D eigenvalue weighted by molar-refractivity contribution is 5.78. The topological polar surface area (TPSA) is 56.6 Å². The van der Waals surface area contributed by atoms with E-state index in [1.54, 1.807) is 0 Å². The first-order valence-electron chi connectivity index (χ1n) is 10.7. The van der Waals surface area contributed by atoms with Crippen LogP contribution in [0, 0.1) is 0 Å². The van der Waals surface area contributed by atoms with Crippen molar-refractivity contribution in [1.29, 1.82) is 0 Å². The van der Waals surface area contributed by atoms with Gasteiger partial charge in [-0.05, 0) is 18.4 Å². The standard InChI is InChI=1S/C22H32N6O/c1-25-17-21(14-23-25)28-9-5-8-20(16-28)24-22(29)18-27-12-10-26(11-13-27)15-19-6-3-2-4-7-19/h2-4,6-7,14,17,20H,5,8-13,15-16,18H2,1H3,(H,24,29). The second kappa shape index (κ2) is 9.41. The minimum Gasteiger partial charge on any atom is -0.367 e. The minimum atomic E-state index is 0.152. The van der Waals surface area contributed by atoms with E-state index in [1.807, 2.05) is 24.1 Å². The second-order valence-corrected chi connectivity index (χ2v) is 8.26. The highest BCUT2D eigenvalue weighted by Crippen LogP contribution is 2.19. The molecular weight excluding hydrogens is 364 g/mol. The van der Waals surface area contributed by atoms with E-state index >= 15 is 0 Å².